The maximum absolute atomic E-state index is 4.09. The van der Waals surface area contributed by atoms with Crippen molar-refractivity contribution in [1.82, 2.24) is 0 Å². The summed E-state index contributed by atoms with van der Waals surface area (Å²) in [5.41, 5.74) is 7.07. The molecule has 1 aromatic carbocycles. The molecule has 0 aliphatic heterocycles. The zero-order valence-corrected chi connectivity index (χ0v) is 13.5. The van der Waals surface area contributed by atoms with Crippen LogP contribution >= 0.6 is 0 Å². The molecule has 0 saturated carbocycles. The van der Waals surface area contributed by atoms with Gasteiger partial charge < -0.3 is 0 Å². The first-order valence-electron chi connectivity index (χ1n) is 8.10. The fraction of sp³-hybridized carbons (Fsp3) is 0.273. The van der Waals surface area contributed by atoms with E-state index in [-0.39, 0.29) is 0 Å². The molecule has 1 atom stereocenters. The second-order valence-electron chi connectivity index (χ2n) is 6.58. The highest BCUT2D eigenvalue weighted by Gasteiger charge is 2.22. The van der Waals surface area contributed by atoms with Crippen molar-refractivity contribution in [1.29, 1.82) is 0 Å². The molecule has 1 unspecified atom stereocenters. The summed E-state index contributed by atoms with van der Waals surface area (Å²) in [5, 5.41) is 0. The molecule has 0 amide bonds. The Morgan fingerprint density at radius 1 is 1.14 bits per heavy atom. The second-order valence-corrected chi connectivity index (χ2v) is 6.58. The highest BCUT2D eigenvalue weighted by Crippen LogP contribution is 2.41. The topological polar surface area (TPSA) is 0 Å². The normalized spacial score (nSPS) is 20.4. The Labute approximate surface area is 134 Å². The van der Waals surface area contributed by atoms with Gasteiger partial charge in [0.25, 0.3) is 0 Å². The lowest BCUT2D eigenvalue weighted by molar-refractivity contribution is 0.840. The zero-order valence-electron chi connectivity index (χ0n) is 13.5. The van der Waals surface area contributed by atoms with Crippen LogP contribution in [0.15, 0.2) is 78.4 Å². The number of hydrogen-bond donors (Lipinski definition) is 0. The van der Waals surface area contributed by atoms with E-state index in [1.807, 2.05) is 0 Å². The van der Waals surface area contributed by atoms with E-state index >= 15 is 0 Å². The molecule has 1 aromatic rings. The van der Waals surface area contributed by atoms with Crippen molar-refractivity contribution in [3.63, 3.8) is 0 Å². The molecule has 0 N–H and O–H groups in total. The molecular formula is C22H24. The van der Waals surface area contributed by atoms with Gasteiger partial charge in [-0.1, -0.05) is 71.9 Å². The first-order chi connectivity index (χ1) is 10.6. The molecule has 0 fully saturated rings. The van der Waals surface area contributed by atoms with Gasteiger partial charge >= 0.3 is 0 Å². The van der Waals surface area contributed by atoms with Gasteiger partial charge in [-0.3, -0.25) is 0 Å². The van der Waals surface area contributed by atoms with Crippen LogP contribution in [0.1, 0.15) is 43.7 Å². The maximum atomic E-state index is 4.09. The lowest BCUT2D eigenvalue weighted by Gasteiger charge is -2.10. The fourth-order valence-electron chi connectivity index (χ4n) is 3.48. The lowest BCUT2D eigenvalue weighted by atomic mass is 9.94. The molecule has 2 aliphatic rings. The summed E-state index contributed by atoms with van der Waals surface area (Å²) in [6.45, 7) is 8.46. The maximum Gasteiger partial charge on any atom is 0.0136 e. The van der Waals surface area contributed by atoms with Gasteiger partial charge in [-0.05, 0) is 43.4 Å². The summed E-state index contributed by atoms with van der Waals surface area (Å²) in [4.78, 5) is 0. The van der Waals surface area contributed by atoms with Crippen LogP contribution in [0.5, 0.6) is 0 Å². The Balaban J connectivity index is 1.82. The van der Waals surface area contributed by atoms with Crippen LogP contribution in [-0.4, -0.2) is 0 Å². The Kier molecular flexibility index (Phi) is 4.29. The van der Waals surface area contributed by atoms with Crippen molar-refractivity contribution in [2.75, 3.05) is 0 Å². The Bertz CT molecular complexity index is 683. The molecule has 0 aromatic heterocycles. The van der Waals surface area contributed by atoms with Gasteiger partial charge in [-0.2, -0.15) is 0 Å². The summed E-state index contributed by atoms with van der Waals surface area (Å²) < 4.78 is 0. The molecule has 22 heavy (non-hydrogen) atoms. The van der Waals surface area contributed by atoms with Crippen molar-refractivity contribution >= 4 is 5.57 Å². The molecule has 3 rings (SSSR count). The SMILES string of the molecule is C=C(C)CC1C=C(C/C(C)=C\C2C=CC=C2)c2ccccc21. The molecule has 0 bridgehead atoms. The largest absolute Gasteiger partial charge is 0.100 e. The zero-order chi connectivity index (χ0) is 15.5. The van der Waals surface area contributed by atoms with E-state index in [2.05, 4.69) is 81.1 Å². The van der Waals surface area contributed by atoms with Crippen LogP contribution < -0.4 is 0 Å². The molecular weight excluding hydrogens is 264 g/mol. The Morgan fingerprint density at radius 3 is 2.59 bits per heavy atom. The fourth-order valence-corrected chi connectivity index (χ4v) is 3.48. The quantitative estimate of drug-likeness (QED) is 0.565. The van der Waals surface area contributed by atoms with Gasteiger partial charge in [-0.25, -0.2) is 0 Å². The average Bonchev–Trinajstić information content (AvgIpc) is 3.08. The van der Waals surface area contributed by atoms with Crippen LogP contribution in [0.2, 0.25) is 0 Å². The predicted octanol–water partition coefficient (Wildman–Crippen LogP) is 6.21. The van der Waals surface area contributed by atoms with Crippen LogP contribution in [0, 0.1) is 5.92 Å². The van der Waals surface area contributed by atoms with Crippen LogP contribution in [0.25, 0.3) is 5.57 Å². The minimum absolute atomic E-state index is 0.475. The van der Waals surface area contributed by atoms with Gasteiger partial charge in [-0.15, -0.1) is 6.58 Å². The van der Waals surface area contributed by atoms with Gasteiger partial charge in [0.2, 0.25) is 0 Å². The summed E-state index contributed by atoms with van der Waals surface area (Å²) in [5.74, 6) is 0.978. The van der Waals surface area contributed by atoms with E-state index in [9.17, 15) is 0 Å². The molecule has 0 radical (unpaired) electrons. The van der Waals surface area contributed by atoms with Crippen molar-refractivity contribution in [2.45, 2.75) is 32.6 Å². The summed E-state index contributed by atoms with van der Waals surface area (Å²) >= 11 is 0. The van der Waals surface area contributed by atoms with E-state index in [1.165, 1.54) is 27.8 Å². The van der Waals surface area contributed by atoms with E-state index in [0.717, 1.165) is 12.8 Å². The molecule has 2 aliphatic carbocycles. The standard InChI is InChI=1S/C22H24/c1-16(2)12-19-15-20(22-11-7-6-10-21(19)22)14-17(3)13-18-8-4-5-9-18/h4-11,13,15,18-19H,1,12,14H2,2-3H3/b17-13-. The van der Waals surface area contributed by atoms with E-state index in [0.29, 0.717) is 11.8 Å². The highest BCUT2D eigenvalue weighted by atomic mass is 14.3. The number of hydrogen-bond acceptors (Lipinski definition) is 0. The number of rotatable bonds is 5. The molecule has 112 valence electrons. The van der Waals surface area contributed by atoms with Gasteiger partial charge in [0.15, 0.2) is 0 Å². The van der Waals surface area contributed by atoms with Gasteiger partial charge in [0.1, 0.15) is 0 Å². The minimum Gasteiger partial charge on any atom is -0.100 e. The third kappa shape index (κ3) is 3.22. The predicted molar refractivity (Wildman–Crippen MR) is 96.7 cm³/mol. The van der Waals surface area contributed by atoms with Crippen molar-refractivity contribution in [3.05, 3.63) is 89.6 Å². The van der Waals surface area contributed by atoms with Crippen molar-refractivity contribution < 1.29 is 0 Å². The summed E-state index contributed by atoms with van der Waals surface area (Å²) in [7, 11) is 0. The molecule has 0 heteroatoms. The number of allylic oxidation sites excluding steroid dienone is 9. The van der Waals surface area contributed by atoms with Crippen LogP contribution in [0.3, 0.4) is 0 Å². The molecule has 0 nitrogen and oxygen atoms in total. The van der Waals surface area contributed by atoms with E-state index in [1.54, 1.807) is 0 Å². The first-order valence-corrected chi connectivity index (χ1v) is 8.10. The second kappa shape index (κ2) is 6.36. The lowest BCUT2D eigenvalue weighted by Crippen LogP contribution is -1.93. The smallest absolute Gasteiger partial charge is 0.0136 e. The average molecular weight is 288 g/mol. The number of fused-ring (bicyclic) bond motifs is 1. The van der Waals surface area contributed by atoms with Crippen LogP contribution in [-0.2, 0) is 0 Å². The third-order valence-electron chi connectivity index (χ3n) is 4.40. The van der Waals surface area contributed by atoms with Crippen molar-refractivity contribution in [3.8, 4) is 0 Å². The van der Waals surface area contributed by atoms with E-state index in [4.69, 9.17) is 0 Å². The molecule has 0 heterocycles. The monoisotopic (exact) mass is 288 g/mol. The summed E-state index contributed by atoms with van der Waals surface area (Å²) in [6.07, 6.45) is 15.7. The first kappa shape index (κ1) is 14.8. The van der Waals surface area contributed by atoms with Crippen molar-refractivity contribution in [2.24, 2.45) is 5.92 Å². The highest BCUT2D eigenvalue weighted by molar-refractivity contribution is 5.76. The molecule has 0 saturated heterocycles. The minimum atomic E-state index is 0.475. The van der Waals surface area contributed by atoms with E-state index < -0.39 is 0 Å². The van der Waals surface area contributed by atoms with Gasteiger partial charge in [0, 0.05) is 11.8 Å². The Hall–Kier alpha value is -2.08. The molecule has 0 spiro atoms. The Morgan fingerprint density at radius 2 is 1.86 bits per heavy atom. The third-order valence-corrected chi connectivity index (χ3v) is 4.40. The van der Waals surface area contributed by atoms with Gasteiger partial charge in [0.05, 0.1) is 0 Å². The number of benzene rings is 1. The van der Waals surface area contributed by atoms with Crippen LogP contribution in [0.4, 0.5) is 0 Å². The summed E-state index contributed by atoms with van der Waals surface area (Å²) in [6, 6.07) is 8.84.